The van der Waals surface area contributed by atoms with Gasteiger partial charge in [-0.1, -0.05) is 34.1 Å². The number of nitrogens with one attached hydrogen (secondary N) is 2. The highest BCUT2D eigenvalue weighted by Crippen LogP contribution is 2.35. The van der Waals surface area contributed by atoms with Gasteiger partial charge in [-0.05, 0) is 51.6 Å². The fourth-order valence-electron chi connectivity index (χ4n) is 3.36. The molecule has 0 unspecified atom stereocenters. The Morgan fingerprint density at radius 1 is 1.11 bits per heavy atom. The molecule has 0 aliphatic carbocycles. The Morgan fingerprint density at radius 2 is 1.63 bits per heavy atom. The molecule has 1 saturated heterocycles. The van der Waals surface area contributed by atoms with Crippen LogP contribution in [0, 0.1) is 5.41 Å². The summed E-state index contributed by atoms with van der Waals surface area (Å²) in [6.07, 6.45) is 7.14. The zero-order valence-electron chi connectivity index (χ0n) is 13.3. The van der Waals surface area contributed by atoms with Crippen LogP contribution in [-0.4, -0.2) is 24.5 Å². The second kappa shape index (κ2) is 7.28. The van der Waals surface area contributed by atoms with Gasteiger partial charge in [0.25, 0.3) is 0 Å². The molecule has 2 N–H and O–H groups in total. The van der Waals surface area contributed by atoms with Crippen molar-refractivity contribution in [3.05, 3.63) is 0 Å². The normalized spacial score (nSPS) is 19.2. The Morgan fingerprint density at radius 3 is 2.05 bits per heavy atom. The van der Waals surface area contributed by atoms with Crippen LogP contribution in [0.5, 0.6) is 0 Å². The van der Waals surface area contributed by atoms with Crippen molar-refractivity contribution in [1.82, 2.24) is 10.6 Å². The van der Waals surface area contributed by atoms with Gasteiger partial charge in [-0.3, -0.25) is 4.79 Å². The average molecular weight is 268 g/mol. The third-order valence-corrected chi connectivity index (χ3v) is 5.18. The van der Waals surface area contributed by atoms with Crippen LogP contribution in [0.2, 0.25) is 0 Å². The molecular formula is C16H32N2O. The number of carbonyl (C=O) groups excluding carboxylic acids is 1. The fourth-order valence-corrected chi connectivity index (χ4v) is 3.36. The second-order valence-electron chi connectivity index (χ2n) is 6.08. The molecule has 0 aromatic rings. The summed E-state index contributed by atoms with van der Waals surface area (Å²) in [5.41, 5.74) is -0.118. The van der Waals surface area contributed by atoms with E-state index in [-0.39, 0.29) is 11.0 Å². The van der Waals surface area contributed by atoms with Crippen molar-refractivity contribution in [2.75, 3.05) is 13.1 Å². The molecule has 1 aliphatic heterocycles. The first kappa shape index (κ1) is 16.5. The summed E-state index contributed by atoms with van der Waals surface area (Å²) in [7, 11) is 0. The van der Waals surface area contributed by atoms with Gasteiger partial charge in [0.05, 0.1) is 5.41 Å². The zero-order valence-corrected chi connectivity index (χ0v) is 13.3. The van der Waals surface area contributed by atoms with Crippen molar-refractivity contribution in [3.8, 4) is 0 Å². The van der Waals surface area contributed by atoms with Gasteiger partial charge in [0.15, 0.2) is 0 Å². The van der Waals surface area contributed by atoms with E-state index in [1.807, 2.05) is 0 Å². The molecule has 0 saturated carbocycles. The van der Waals surface area contributed by atoms with Gasteiger partial charge in [0.1, 0.15) is 0 Å². The SMILES string of the molecule is CCCC1(C(=O)NC(CC)(CC)CC)CCNCC1. The van der Waals surface area contributed by atoms with E-state index in [1.165, 1.54) is 0 Å². The maximum atomic E-state index is 12.9. The van der Waals surface area contributed by atoms with E-state index < -0.39 is 0 Å². The van der Waals surface area contributed by atoms with Gasteiger partial charge in [-0.2, -0.15) is 0 Å². The van der Waals surface area contributed by atoms with Crippen molar-refractivity contribution in [1.29, 1.82) is 0 Å². The topological polar surface area (TPSA) is 41.1 Å². The molecular weight excluding hydrogens is 236 g/mol. The van der Waals surface area contributed by atoms with Gasteiger partial charge < -0.3 is 10.6 Å². The maximum Gasteiger partial charge on any atom is 0.226 e. The molecule has 0 aromatic carbocycles. The lowest BCUT2D eigenvalue weighted by atomic mass is 9.73. The molecule has 0 spiro atoms. The highest BCUT2D eigenvalue weighted by atomic mass is 16.2. The molecule has 1 amide bonds. The van der Waals surface area contributed by atoms with E-state index in [0.29, 0.717) is 5.91 Å². The first-order valence-corrected chi connectivity index (χ1v) is 8.11. The minimum atomic E-state index is -0.120. The average Bonchev–Trinajstić information content (AvgIpc) is 2.46. The molecule has 3 heteroatoms. The summed E-state index contributed by atoms with van der Waals surface area (Å²) < 4.78 is 0. The quantitative estimate of drug-likeness (QED) is 0.744. The van der Waals surface area contributed by atoms with Crippen LogP contribution in [0.4, 0.5) is 0 Å². The highest BCUT2D eigenvalue weighted by molar-refractivity contribution is 5.83. The molecule has 0 aromatic heterocycles. The molecule has 1 fully saturated rings. The van der Waals surface area contributed by atoms with Gasteiger partial charge in [-0.15, -0.1) is 0 Å². The Bertz CT molecular complexity index is 265. The number of carbonyl (C=O) groups is 1. The van der Waals surface area contributed by atoms with Crippen LogP contribution in [-0.2, 0) is 4.79 Å². The van der Waals surface area contributed by atoms with Crippen LogP contribution in [0.1, 0.15) is 72.6 Å². The number of amides is 1. The molecule has 0 bridgehead atoms. The Balaban J connectivity index is 2.82. The maximum absolute atomic E-state index is 12.9. The second-order valence-corrected chi connectivity index (χ2v) is 6.08. The molecule has 1 heterocycles. The molecule has 112 valence electrons. The smallest absolute Gasteiger partial charge is 0.226 e. The van der Waals surface area contributed by atoms with E-state index in [0.717, 1.165) is 58.0 Å². The lowest BCUT2D eigenvalue weighted by molar-refractivity contribution is -0.135. The summed E-state index contributed by atoms with van der Waals surface area (Å²) in [6.45, 7) is 10.7. The van der Waals surface area contributed by atoms with Crippen LogP contribution >= 0.6 is 0 Å². The number of piperidine rings is 1. The molecule has 0 radical (unpaired) electrons. The molecule has 19 heavy (non-hydrogen) atoms. The van der Waals surface area contributed by atoms with Crippen LogP contribution in [0.3, 0.4) is 0 Å². The Kier molecular flexibility index (Phi) is 6.31. The minimum Gasteiger partial charge on any atom is -0.350 e. The lowest BCUT2D eigenvalue weighted by Gasteiger charge is -2.41. The standard InChI is InChI=1S/C16H32N2O/c1-5-9-15(10-12-17-13-11-15)14(19)18-16(6-2,7-3)8-4/h17H,5-13H2,1-4H3,(H,18,19). The van der Waals surface area contributed by atoms with E-state index in [4.69, 9.17) is 0 Å². The van der Waals surface area contributed by atoms with Gasteiger partial charge in [-0.25, -0.2) is 0 Å². The first-order chi connectivity index (χ1) is 9.08. The molecule has 3 nitrogen and oxygen atoms in total. The molecule has 1 rings (SSSR count). The highest BCUT2D eigenvalue weighted by Gasteiger charge is 2.41. The Labute approximate surface area is 118 Å². The van der Waals surface area contributed by atoms with Crippen LogP contribution < -0.4 is 10.6 Å². The lowest BCUT2D eigenvalue weighted by Crippen LogP contribution is -2.55. The third kappa shape index (κ3) is 3.71. The van der Waals surface area contributed by atoms with Crippen molar-refractivity contribution < 1.29 is 4.79 Å². The summed E-state index contributed by atoms with van der Waals surface area (Å²) in [6, 6.07) is 0. The van der Waals surface area contributed by atoms with Crippen molar-refractivity contribution >= 4 is 5.91 Å². The van der Waals surface area contributed by atoms with E-state index in [2.05, 4.69) is 38.3 Å². The van der Waals surface area contributed by atoms with Gasteiger partial charge in [0.2, 0.25) is 5.91 Å². The number of hydrogen-bond acceptors (Lipinski definition) is 2. The summed E-state index contributed by atoms with van der Waals surface area (Å²) in [4.78, 5) is 12.9. The van der Waals surface area contributed by atoms with E-state index >= 15 is 0 Å². The predicted octanol–water partition coefficient (Wildman–Crippen LogP) is 3.24. The first-order valence-electron chi connectivity index (χ1n) is 8.11. The predicted molar refractivity (Wildman–Crippen MR) is 81.2 cm³/mol. The minimum absolute atomic E-state index is 0.00268. The number of hydrogen-bond donors (Lipinski definition) is 2. The van der Waals surface area contributed by atoms with Crippen LogP contribution in [0.25, 0.3) is 0 Å². The van der Waals surface area contributed by atoms with Crippen LogP contribution in [0.15, 0.2) is 0 Å². The Hall–Kier alpha value is -0.570. The van der Waals surface area contributed by atoms with Crippen molar-refractivity contribution in [2.45, 2.75) is 78.2 Å². The largest absolute Gasteiger partial charge is 0.350 e. The van der Waals surface area contributed by atoms with E-state index in [9.17, 15) is 4.79 Å². The fraction of sp³-hybridized carbons (Fsp3) is 0.938. The summed E-state index contributed by atoms with van der Waals surface area (Å²) in [5, 5.41) is 6.79. The summed E-state index contributed by atoms with van der Waals surface area (Å²) >= 11 is 0. The third-order valence-electron chi connectivity index (χ3n) is 5.18. The zero-order chi connectivity index (χ0) is 14.4. The van der Waals surface area contributed by atoms with Crippen molar-refractivity contribution in [3.63, 3.8) is 0 Å². The molecule has 1 aliphatic rings. The number of rotatable bonds is 7. The van der Waals surface area contributed by atoms with Gasteiger partial charge >= 0.3 is 0 Å². The molecule has 0 atom stereocenters. The van der Waals surface area contributed by atoms with E-state index in [1.54, 1.807) is 0 Å². The monoisotopic (exact) mass is 268 g/mol. The van der Waals surface area contributed by atoms with Crippen molar-refractivity contribution in [2.24, 2.45) is 5.41 Å². The summed E-state index contributed by atoms with van der Waals surface area (Å²) in [5.74, 6) is 0.307. The van der Waals surface area contributed by atoms with Gasteiger partial charge in [0, 0.05) is 5.54 Å².